The van der Waals surface area contributed by atoms with Crippen LogP contribution >= 0.6 is 0 Å². The van der Waals surface area contributed by atoms with E-state index >= 15 is 0 Å². The van der Waals surface area contributed by atoms with Crippen molar-refractivity contribution in [3.63, 3.8) is 0 Å². The standard InChI is InChI=1S/C42H46N2Si/c1-27-23-35-37(25-29-15-13-21-33(29)39(35)43(3)31-17-9-7-10-18-31)41(27)45(5,6)42-28(2)24-36-38(42)26-30-16-14-22-34(30)40(36)44(4)32-19-11-8-12-20-32/h7-12,17-20,23,25-26,41H,13-16,21-22,24H2,1-6H3. The topological polar surface area (TPSA) is 6.48 Å². The molecule has 1 atom stereocenters. The first-order chi connectivity index (χ1) is 21.8. The van der Waals surface area contributed by atoms with E-state index in [1.165, 1.54) is 66.8 Å². The number of allylic oxidation sites excluding steroid dienone is 2. The number of anilines is 4. The molecule has 0 spiro atoms. The zero-order chi connectivity index (χ0) is 31.0. The quantitative estimate of drug-likeness (QED) is 0.202. The Hall–Kier alpha value is -3.82. The average molecular weight is 607 g/mol. The normalized spacial score (nSPS) is 18.1. The summed E-state index contributed by atoms with van der Waals surface area (Å²) < 4.78 is 0. The van der Waals surface area contributed by atoms with Crippen molar-refractivity contribution in [3.05, 3.63) is 128 Å². The third-order valence-corrected chi connectivity index (χ3v) is 15.7. The highest BCUT2D eigenvalue weighted by Crippen LogP contribution is 2.56. The summed E-state index contributed by atoms with van der Waals surface area (Å²) in [4.78, 5) is 4.98. The fourth-order valence-corrected chi connectivity index (χ4v) is 14.4. The highest BCUT2D eigenvalue weighted by atomic mass is 28.3. The first kappa shape index (κ1) is 28.6. The SMILES string of the molecule is CC1=Cc2c(cc3c(c2N(C)c2ccccc2)CCC3)C1[Si](C)(C)C1=C(C)Cc2c1cc1c(c2N(C)c2ccccc2)CCC1. The van der Waals surface area contributed by atoms with Crippen LogP contribution in [0.1, 0.15) is 76.7 Å². The lowest BCUT2D eigenvalue weighted by Crippen LogP contribution is -2.37. The summed E-state index contributed by atoms with van der Waals surface area (Å²) in [5.41, 5.74) is 21.8. The van der Waals surface area contributed by atoms with Crippen molar-refractivity contribution in [1.82, 2.24) is 0 Å². The minimum absolute atomic E-state index is 0.487. The van der Waals surface area contributed by atoms with E-state index < -0.39 is 8.07 Å². The van der Waals surface area contributed by atoms with Gasteiger partial charge in [-0.15, -0.1) is 0 Å². The highest BCUT2D eigenvalue weighted by molar-refractivity contribution is 6.96. The molecule has 0 amide bonds. The Balaban J connectivity index is 1.27. The van der Waals surface area contributed by atoms with Crippen molar-refractivity contribution in [1.29, 1.82) is 0 Å². The van der Waals surface area contributed by atoms with E-state index in [0.717, 1.165) is 6.42 Å². The van der Waals surface area contributed by atoms with Gasteiger partial charge in [0.15, 0.2) is 0 Å². The number of hydrogen-bond donors (Lipinski definition) is 0. The van der Waals surface area contributed by atoms with Crippen LogP contribution in [0.5, 0.6) is 0 Å². The molecule has 4 aliphatic rings. The summed E-state index contributed by atoms with van der Waals surface area (Å²) in [6, 6.07) is 27.3. The summed E-state index contributed by atoms with van der Waals surface area (Å²) in [6.45, 7) is 10.2. The Morgan fingerprint density at radius 1 is 0.667 bits per heavy atom. The molecule has 4 aromatic rings. The number of nitrogens with zero attached hydrogens (tertiary/aromatic N) is 2. The van der Waals surface area contributed by atoms with Gasteiger partial charge in [0.25, 0.3) is 0 Å². The van der Waals surface area contributed by atoms with Crippen molar-refractivity contribution in [2.24, 2.45) is 0 Å². The Labute approximate surface area is 271 Å². The van der Waals surface area contributed by atoms with Crippen LogP contribution in [0.3, 0.4) is 0 Å². The summed E-state index contributed by atoms with van der Waals surface area (Å²) in [5.74, 6) is 0. The lowest BCUT2D eigenvalue weighted by Gasteiger charge is -2.36. The van der Waals surface area contributed by atoms with Gasteiger partial charge >= 0.3 is 0 Å². The van der Waals surface area contributed by atoms with E-state index in [0.29, 0.717) is 5.54 Å². The largest absolute Gasteiger partial charge is 0.344 e. The van der Waals surface area contributed by atoms with E-state index in [1.807, 2.05) is 0 Å². The molecule has 4 aromatic carbocycles. The predicted octanol–water partition coefficient (Wildman–Crippen LogP) is 10.5. The zero-order valence-corrected chi connectivity index (χ0v) is 28.9. The van der Waals surface area contributed by atoms with Crippen LogP contribution < -0.4 is 9.80 Å². The number of rotatable bonds is 6. The van der Waals surface area contributed by atoms with E-state index in [9.17, 15) is 0 Å². The monoisotopic (exact) mass is 606 g/mol. The van der Waals surface area contributed by atoms with Crippen LogP contribution in [0.15, 0.2) is 83.9 Å². The van der Waals surface area contributed by atoms with E-state index in [-0.39, 0.29) is 0 Å². The Kier molecular flexibility index (Phi) is 6.76. The maximum absolute atomic E-state index is 2.68. The molecular weight excluding hydrogens is 561 g/mol. The molecule has 0 heterocycles. The third-order valence-electron chi connectivity index (χ3n) is 11.5. The Bertz CT molecular complexity index is 1900. The second kappa shape index (κ2) is 10.6. The summed E-state index contributed by atoms with van der Waals surface area (Å²) >= 11 is 0. The summed E-state index contributed by atoms with van der Waals surface area (Å²) in [6.07, 6.45) is 11.0. The van der Waals surface area contributed by atoms with Crippen LogP contribution in [-0.4, -0.2) is 22.2 Å². The first-order valence-electron chi connectivity index (χ1n) is 17.1. The smallest absolute Gasteiger partial charge is 0.0930 e. The van der Waals surface area contributed by atoms with Crippen LogP contribution in [0.4, 0.5) is 22.7 Å². The van der Waals surface area contributed by atoms with E-state index in [4.69, 9.17) is 0 Å². The molecule has 0 aromatic heterocycles. The molecule has 0 saturated carbocycles. The lowest BCUT2D eigenvalue weighted by atomic mass is 9.96. The minimum Gasteiger partial charge on any atom is -0.344 e. The van der Waals surface area contributed by atoms with Crippen LogP contribution in [0.2, 0.25) is 13.1 Å². The molecular formula is C42H46N2Si. The van der Waals surface area contributed by atoms with Gasteiger partial charge in [-0.05, 0) is 122 Å². The van der Waals surface area contributed by atoms with Crippen LogP contribution in [0, 0.1) is 0 Å². The number of hydrogen-bond acceptors (Lipinski definition) is 2. The predicted molar refractivity (Wildman–Crippen MR) is 196 cm³/mol. The highest BCUT2D eigenvalue weighted by Gasteiger charge is 2.46. The number of fused-ring (bicyclic) bond motifs is 4. The van der Waals surface area contributed by atoms with Crippen molar-refractivity contribution in [2.75, 3.05) is 23.9 Å². The van der Waals surface area contributed by atoms with E-state index in [1.54, 1.807) is 55.3 Å². The third kappa shape index (κ3) is 4.34. The molecule has 0 fully saturated rings. The van der Waals surface area contributed by atoms with Crippen molar-refractivity contribution >= 4 is 42.1 Å². The lowest BCUT2D eigenvalue weighted by molar-refractivity contribution is 0.909. The fourth-order valence-electron chi connectivity index (χ4n) is 9.81. The first-order valence-corrected chi connectivity index (χ1v) is 20.2. The molecule has 4 aliphatic carbocycles. The minimum atomic E-state index is -2.03. The molecule has 0 radical (unpaired) electrons. The van der Waals surface area contributed by atoms with Gasteiger partial charge in [0.2, 0.25) is 0 Å². The number of aryl methyl sites for hydroxylation is 2. The van der Waals surface area contributed by atoms with Gasteiger partial charge in [-0.2, -0.15) is 0 Å². The molecule has 45 heavy (non-hydrogen) atoms. The van der Waals surface area contributed by atoms with Crippen molar-refractivity contribution in [3.8, 4) is 0 Å². The summed E-state index contributed by atoms with van der Waals surface area (Å²) in [5, 5.41) is 1.72. The van der Waals surface area contributed by atoms with Crippen molar-refractivity contribution in [2.45, 2.75) is 77.4 Å². The zero-order valence-electron chi connectivity index (χ0n) is 27.9. The molecule has 1 unspecified atom stereocenters. The number of benzene rings is 4. The maximum atomic E-state index is 2.68. The average Bonchev–Trinajstić information content (AvgIpc) is 3.83. The summed E-state index contributed by atoms with van der Waals surface area (Å²) in [7, 11) is 2.55. The van der Waals surface area contributed by atoms with Gasteiger partial charge in [0, 0.05) is 42.3 Å². The van der Waals surface area contributed by atoms with Crippen LogP contribution in [0.25, 0.3) is 11.3 Å². The molecule has 0 aliphatic heterocycles. The fraction of sp³-hybridized carbons (Fsp3) is 0.333. The van der Waals surface area contributed by atoms with Crippen molar-refractivity contribution < 1.29 is 0 Å². The molecule has 3 heteroatoms. The molecule has 2 nitrogen and oxygen atoms in total. The van der Waals surface area contributed by atoms with Gasteiger partial charge in [-0.1, -0.05) is 84.0 Å². The van der Waals surface area contributed by atoms with Gasteiger partial charge in [0.1, 0.15) is 0 Å². The molecule has 0 saturated heterocycles. The van der Waals surface area contributed by atoms with E-state index in [2.05, 4.69) is 130 Å². The second-order valence-corrected chi connectivity index (χ2v) is 19.1. The van der Waals surface area contributed by atoms with Gasteiger partial charge < -0.3 is 9.80 Å². The van der Waals surface area contributed by atoms with Crippen LogP contribution in [-0.2, 0) is 32.1 Å². The number of para-hydroxylation sites is 2. The van der Waals surface area contributed by atoms with Gasteiger partial charge in [-0.25, -0.2) is 0 Å². The molecule has 228 valence electrons. The van der Waals surface area contributed by atoms with Gasteiger partial charge in [-0.3, -0.25) is 0 Å². The second-order valence-electron chi connectivity index (χ2n) is 14.6. The molecule has 0 bridgehead atoms. The molecule has 8 rings (SSSR count). The Morgan fingerprint density at radius 3 is 1.84 bits per heavy atom. The molecule has 0 N–H and O–H groups in total. The van der Waals surface area contributed by atoms with Gasteiger partial charge in [0.05, 0.1) is 13.8 Å². The maximum Gasteiger partial charge on any atom is 0.0930 e. The Morgan fingerprint density at radius 2 is 1.22 bits per heavy atom.